The van der Waals surface area contributed by atoms with Crippen molar-refractivity contribution in [2.75, 3.05) is 6.61 Å². The molecule has 0 aromatic rings. The normalized spacial score (nSPS) is 14.5. The summed E-state index contributed by atoms with van der Waals surface area (Å²) in [6, 6.07) is 0. The third kappa shape index (κ3) is 7.59. The molecule has 2 unspecified atom stereocenters. The van der Waals surface area contributed by atoms with Crippen LogP contribution in [0.3, 0.4) is 0 Å². The van der Waals surface area contributed by atoms with Gasteiger partial charge < -0.3 is 9.47 Å². The van der Waals surface area contributed by atoms with Gasteiger partial charge in [-0.05, 0) is 19.8 Å². The topological polar surface area (TPSA) is 78.9 Å². The lowest BCUT2D eigenvalue weighted by atomic mass is 10.3. The van der Waals surface area contributed by atoms with Gasteiger partial charge >= 0.3 is 5.97 Å². The first-order valence-corrected chi connectivity index (χ1v) is 8.65. The van der Waals surface area contributed by atoms with Crippen LogP contribution < -0.4 is 0 Å². The molecule has 7 heteroatoms. The molecule has 0 aliphatic heterocycles. The number of carbonyl (C=O) groups is 1. The standard InChI is InChI=1S/C14H26O6S/c1-6-9-10-18-13(8-3)21(16,17)20-12(7-2)19-14(15)11(4)5/h12-13H,4,6-10H2,1-3,5H3. The van der Waals surface area contributed by atoms with Gasteiger partial charge in [0.05, 0.1) is 0 Å². The molecule has 0 amide bonds. The van der Waals surface area contributed by atoms with Crippen molar-refractivity contribution in [1.29, 1.82) is 0 Å². The van der Waals surface area contributed by atoms with Crippen molar-refractivity contribution in [3.8, 4) is 0 Å². The summed E-state index contributed by atoms with van der Waals surface area (Å²) in [5.41, 5.74) is -0.873. The molecule has 0 aromatic heterocycles. The summed E-state index contributed by atoms with van der Waals surface area (Å²) in [5.74, 6) is -0.683. The van der Waals surface area contributed by atoms with Crippen LogP contribution in [0, 0.1) is 0 Å². The first-order chi connectivity index (χ1) is 9.78. The molecule has 0 bridgehead atoms. The van der Waals surface area contributed by atoms with Crippen molar-refractivity contribution in [2.45, 2.75) is 65.1 Å². The van der Waals surface area contributed by atoms with Gasteiger partial charge in [0.15, 0.2) is 5.44 Å². The van der Waals surface area contributed by atoms with Crippen LogP contribution in [0.1, 0.15) is 53.4 Å². The largest absolute Gasteiger partial charge is 0.431 e. The van der Waals surface area contributed by atoms with Gasteiger partial charge in [0, 0.05) is 18.6 Å². The average molecular weight is 322 g/mol. The summed E-state index contributed by atoms with van der Waals surface area (Å²) in [7, 11) is -3.96. The molecule has 0 saturated carbocycles. The molecule has 0 spiro atoms. The zero-order chi connectivity index (χ0) is 16.5. The Kier molecular flexibility index (Phi) is 9.48. The molecule has 21 heavy (non-hydrogen) atoms. The number of hydrogen-bond acceptors (Lipinski definition) is 6. The van der Waals surface area contributed by atoms with Crippen molar-refractivity contribution in [3.63, 3.8) is 0 Å². The van der Waals surface area contributed by atoms with Crippen LogP contribution in [-0.4, -0.2) is 32.7 Å². The van der Waals surface area contributed by atoms with Crippen molar-refractivity contribution >= 4 is 16.1 Å². The van der Waals surface area contributed by atoms with E-state index in [0.29, 0.717) is 6.61 Å². The molecule has 0 aliphatic carbocycles. The Balaban J connectivity index is 4.71. The highest BCUT2D eigenvalue weighted by molar-refractivity contribution is 7.87. The van der Waals surface area contributed by atoms with Crippen molar-refractivity contribution in [2.24, 2.45) is 0 Å². The van der Waals surface area contributed by atoms with Crippen molar-refractivity contribution in [3.05, 3.63) is 12.2 Å². The van der Waals surface area contributed by atoms with E-state index in [1.165, 1.54) is 6.92 Å². The highest BCUT2D eigenvalue weighted by Gasteiger charge is 2.30. The first kappa shape index (κ1) is 20.1. The van der Waals surface area contributed by atoms with E-state index in [4.69, 9.17) is 13.7 Å². The van der Waals surface area contributed by atoms with E-state index < -0.39 is 27.8 Å². The fraction of sp³-hybridized carbons (Fsp3) is 0.786. The van der Waals surface area contributed by atoms with Crippen LogP contribution >= 0.6 is 0 Å². The number of ether oxygens (including phenoxy) is 2. The molecule has 0 fully saturated rings. The third-order valence-corrected chi connectivity index (χ3v) is 4.21. The van der Waals surface area contributed by atoms with Crippen LogP contribution in [0.25, 0.3) is 0 Å². The summed E-state index contributed by atoms with van der Waals surface area (Å²) in [6.07, 6.45) is 0.988. The Hall–Kier alpha value is -0.920. The minimum absolute atomic E-state index is 0.181. The van der Waals surface area contributed by atoms with Crippen LogP contribution in [0.15, 0.2) is 12.2 Å². The fourth-order valence-electron chi connectivity index (χ4n) is 1.37. The maximum absolute atomic E-state index is 12.1. The van der Waals surface area contributed by atoms with Gasteiger partial charge in [-0.2, -0.15) is 8.42 Å². The van der Waals surface area contributed by atoms with Crippen LogP contribution in [0.4, 0.5) is 0 Å². The maximum Gasteiger partial charge on any atom is 0.335 e. The molecule has 0 heterocycles. The van der Waals surface area contributed by atoms with Gasteiger partial charge in [-0.25, -0.2) is 8.98 Å². The van der Waals surface area contributed by atoms with Crippen molar-refractivity contribution in [1.82, 2.24) is 0 Å². The number of esters is 1. The van der Waals surface area contributed by atoms with E-state index in [1.807, 2.05) is 6.92 Å². The van der Waals surface area contributed by atoms with E-state index in [0.717, 1.165) is 12.8 Å². The molecule has 0 saturated heterocycles. The molecule has 124 valence electrons. The Bertz CT molecular complexity index is 429. The lowest BCUT2D eigenvalue weighted by Crippen LogP contribution is -2.32. The second kappa shape index (κ2) is 9.92. The molecule has 6 nitrogen and oxygen atoms in total. The summed E-state index contributed by atoms with van der Waals surface area (Å²) in [4.78, 5) is 11.4. The fourth-order valence-corrected chi connectivity index (χ4v) is 2.64. The predicted molar refractivity (Wildman–Crippen MR) is 79.9 cm³/mol. The minimum Gasteiger partial charge on any atom is -0.431 e. The van der Waals surface area contributed by atoms with E-state index >= 15 is 0 Å². The molecular formula is C14H26O6S. The summed E-state index contributed by atoms with van der Waals surface area (Å²) in [5, 5.41) is 0. The van der Waals surface area contributed by atoms with E-state index in [1.54, 1.807) is 13.8 Å². The zero-order valence-electron chi connectivity index (χ0n) is 13.3. The highest BCUT2D eigenvalue weighted by Crippen LogP contribution is 2.16. The van der Waals surface area contributed by atoms with Crippen LogP contribution in [0.2, 0.25) is 0 Å². The second-order valence-electron chi connectivity index (χ2n) is 4.67. The Morgan fingerprint density at radius 3 is 2.24 bits per heavy atom. The van der Waals surface area contributed by atoms with Gasteiger partial charge in [0.2, 0.25) is 6.29 Å². The average Bonchev–Trinajstić information content (AvgIpc) is 2.42. The summed E-state index contributed by atoms with van der Waals surface area (Å²) >= 11 is 0. The number of unbranched alkanes of at least 4 members (excludes halogenated alkanes) is 1. The van der Waals surface area contributed by atoms with E-state index in [-0.39, 0.29) is 18.4 Å². The second-order valence-corrected chi connectivity index (χ2v) is 6.38. The zero-order valence-corrected chi connectivity index (χ0v) is 14.1. The SMILES string of the molecule is C=C(C)C(=O)OC(CC)OS(=O)(=O)C(CC)OCCCC. The molecule has 0 radical (unpaired) electrons. The first-order valence-electron chi connectivity index (χ1n) is 7.18. The number of rotatable bonds is 11. The minimum atomic E-state index is -3.96. The van der Waals surface area contributed by atoms with Gasteiger partial charge in [0.1, 0.15) is 0 Å². The van der Waals surface area contributed by atoms with Crippen LogP contribution in [0.5, 0.6) is 0 Å². The van der Waals surface area contributed by atoms with Gasteiger partial charge in [-0.15, -0.1) is 0 Å². The van der Waals surface area contributed by atoms with Crippen molar-refractivity contribution < 1.29 is 26.9 Å². The highest BCUT2D eigenvalue weighted by atomic mass is 32.2. The molecule has 0 aromatic carbocycles. The van der Waals surface area contributed by atoms with E-state index in [9.17, 15) is 13.2 Å². The Morgan fingerprint density at radius 1 is 1.19 bits per heavy atom. The molecule has 0 N–H and O–H groups in total. The Morgan fingerprint density at radius 2 is 1.81 bits per heavy atom. The molecule has 0 aliphatic rings. The predicted octanol–water partition coefficient (Wildman–Crippen LogP) is 2.74. The van der Waals surface area contributed by atoms with Gasteiger partial charge in [0.25, 0.3) is 10.1 Å². The molecule has 2 atom stereocenters. The van der Waals surface area contributed by atoms with Gasteiger partial charge in [-0.3, -0.25) is 0 Å². The maximum atomic E-state index is 12.1. The van der Waals surface area contributed by atoms with Gasteiger partial charge in [-0.1, -0.05) is 33.8 Å². The number of carbonyl (C=O) groups excluding carboxylic acids is 1. The number of hydrogen-bond donors (Lipinski definition) is 0. The Labute approximate surface area is 127 Å². The third-order valence-electron chi connectivity index (χ3n) is 2.62. The quantitative estimate of drug-likeness (QED) is 0.191. The summed E-state index contributed by atoms with van der Waals surface area (Å²) in [6.45, 7) is 10.6. The van der Waals surface area contributed by atoms with E-state index in [2.05, 4.69) is 6.58 Å². The molecular weight excluding hydrogens is 296 g/mol. The lowest BCUT2D eigenvalue weighted by Gasteiger charge is -2.21. The van der Waals surface area contributed by atoms with Crippen LogP contribution in [-0.2, 0) is 28.6 Å². The summed E-state index contributed by atoms with van der Waals surface area (Å²) < 4.78 is 39.4. The molecule has 0 rings (SSSR count). The lowest BCUT2D eigenvalue weighted by molar-refractivity contribution is -0.158. The smallest absolute Gasteiger partial charge is 0.335 e. The monoisotopic (exact) mass is 322 g/mol.